The van der Waals surface area contributed by atoms with E-state index in [1.54, 1.807) is 43.0 Å². The molecule has 0 unspecified atom stereocenters. The Morgan fingerprint density at radius 1 is 1.15 bits per heavy atom. The molecule has 1 aliphatic heterocycles. The molecule has 0 spiro atoms. The summed E-state index contributed by atoms with van der Waals surface area (Å²) in [5.74, 6) is -0.379. The van der Waals surface area contributed by atoms with Crippen molar-refractivity contribution in [2.24, 2.45) is 13.0 Å². The number of aromatic nitrogens is 2. The van der Waals surface area contributed by atoms with Crippen LogP contribution in [0.5, 0.6) is 5.75 Å². The predicted molar refractivity (Wildman–Crippen MR) is 179 cm³/mol. The van der Waals surface area contributed by atoms with Gasteiger partial charge >= 0.3 is 6.03 Å². The van der Waals surface area contributed by atoms with Crippen LogP contribution >= 0.6 is 0 Å². The predicted octanol–water partition coefficient (Wildman–Crippen LogP) is 4.18. The van der Waals surface area contributed by atoms with Gasteiger partial charge in [0.1, 0.15) is 5.75 Å². The fourth-order valence-electron chi connectivity index (χ4n) is 5.28. The first kappa shape index (κ1) is 35.7. The fourth-order valence-corrected chi connectivity index (χ4v) is 6.31. The average Bonchev–Trinajstić information content (AvgIpc) is 3.50. The van der Waals surface area contributed by atoms with Gasteiger partial charge in [-0.25, -0.2) is 9.78 Å². The van der Waals surface area contributed by atoms with Crippen molar-refractivity contribution in [1.82, 2.24) is 19.4 Å². The highest BCUT2D eigenvalue weighted by Crippen LogP contribution is 2.29. The van der Waals surface area contributed by atoms with Crippen molar-refractivity contribution in [3.63, 3.8) is 0 Å². The molecule has 3 N–H and O–H groups in total. The van der Waals surface area contributed by atoms with Gasteiger partial charge in [0.2, 0.25) is 0 Å². The molecule has 0 saturated carbocycles. The van der Waals surface area contributed by atoms with Crippen molar-refractivity contribution in [2.75, 3.05) is 43.4 Å². The number of aliphatic hydroxyl groups excluding tert-OH is 1. The average molecular weight is 671 g/mol. The number of benzene rings is 2. The molecule has 0 fully saturated rings. The molecule has 256 valence electrons. The molecule has 0 radical (unpaired) electrons. The highest BCUT2D eigenvalue weighted by atomic mass is 32.2. The Bertz CT molecular complexity index is 1600. The highest BCUT2D eigenvalue weighted by Gasteiger charge is 2.31. The number of hydrogen-bond acceptors (Lipinski definition) is 8. The fraction of sp³-hybridized carbons (Fsp3) is 0.485. The molecule has 3 aromatic rings. The van der Waals surface area contributed by atoms with Gasteiger partial charge in [-0.15, -0.1) is 0 Å². The zero-order valence-electron chi connectivity index (χ0n) is 27.6. The topological polar surface area (TPSA) is 155 Å². The SMILES string of the molecule is C[C@@H]1CN([C@@H](C)CO)C(=O)c2cc(NS(=O)(=O)c3cn(C)cn3)ccc2O[C@@H](C)CCCCO[C@@H]1CN(C)C(=O)Nc1ccccc1. The standard InChI is InChI=1S/C33H46N6O7S/c1-23-18-39(24(2)21-40)32(41)28-17-27(36-47(43,44)31-20-37(4)22-34-31)14-15-29(28)46-25(3)11-9-10-16-45-30(23)19-38(5)33(42)35-26-12-7-6-8-13-26/h6-8,12-15,17,20,22-25,30,36,40H,9-11,16,18-19,21H2,1-5H3,(H,35,42)/t23-,24+,25+,30-/m1/s1. The molecule has 0 aliphatic carbocycles. The molecule has 0 saturated heterocycles. The Morgan fingerprint density at radius 2 is 1.89 bits per heavy atom. The molecule has 2 aromatic carbocycles. The highest BCUT2D eigenvalue weighted by molar-refractivity contribution is 7.92. The van der Waals surface area contributed by atoms with Gasteiger partial charge in [-0.05, 0) is 63.4 Å². The van der Waals surface area contributed by atoms with Gasteiger partial charge in [0.25, 0.3) is 15.9 Å². The monoisotopic (exact) mass is 670 g/mol. The van der Waals surface area contributed by atoms with Gasteiger partial charge in [0.05, 0.1) is 36.7 Å². The molecule has 1 aliphatic rings. The number of nitrogens with zero attached hydrogens (tertiary/aromatic N) is 4. The lowest BCUT2D eigenvalue weighted by molar-refractivity contribution is -0.0115. The van der Waals surface area contributed by atoms with Gasteiger partial charge in [-0.3, -0.25) is 9.52 Å². The van der Waals surface area contributed by atoms with E-state index in [0.717, 1.165) is 12.8 Å². The van der Waals surface area contributed by atoms with E-state index in [0.29, 0.717) is 24.5 Å². The number of carbonyl (C=O) groups is 2. The summed E-state index contributed by atoms with van der Waals surface area (Å²) in [6.45, 7) is 6.22. The van der Waals surface area contributed by atoms with E-state index < -0.39 is 28.1 Å². The first-order valence-corrected chi connectivity index (χ1v) is 17.3. The van der Waals surface area contributed by atoms with Crippen LogP contribution in [0.3, 0.4) is 0 Å². The molecule has 13 nitrogen and oxygen atoms in total. The molecular weight excluding hydrogens is 624 g/mol. The Morgan fingerprint density at radius 3 is 2.57 bits per heavy atom. The summed E-state index contributed by atoms with van der Waals surface area (Å²) in [6, 6.07) is 12.9. The number of aliphatic hydroxyl groups is 1. The number of likely N-dealkylation sites (N-methyl/N-ethyl adjacent to an activating group) is 1. The summed E-state index contributed by atoms with van der Waals surface area (Å²) in [4.78, 5) is 34.4. The van der Waals surface area contributed by atoms with Crippen LogP contribution in [0.15, 0.2) is 66.1 Å². The first-order valence-electron chi connectivity index (χ1n) is 15.8. The number of nitrogens with one attached hydrogen (secondary N) is 2. The van der Waals surface area contributed by atoms with Crippen LogP contribution < -0.4 is 14.8 Å². The third-order valence-electron chi connectivity index (χ3n) is 8.09. The molecular formula is C33H46N6O7S. The van der Waals surface area contributed by atoms with Crippen molar-refractivity contribution >= 4 is 33.3 Å². The summed E-state index contributed by atoms with van der Waals surface area (Å²) in [5.41, 5.74) is 0.992. The molecule has 47 heavy (non-hydrogen) atoms. The lowest BCUT2D eigenvalue weighted by Gasteiger charge is -2.35. The minimum absolute atomic E-state index is 0.152. The molecule has 3 amide bonds. The lowest BCUT2D eigenvalue weighted by Crippen LogP contribution is -2.48. The molecule has 0 bridgehead atoms. The number of sulfonamides is 1. The third-order valence-corrected chi connectivity index (χ3v) is 9.35. The summed E-state index contributed by atoms with van der Waals surface area (Å²) < 4.78 is 42.7. The normalized spacial score (nSPS) is 20.3. The molecule has 2 heterocycles. The molecule has 4 rings (SSSR count). The molecule has 4 atom stereocenters. The van der Waals surface area contributed by atoms with Crippen LogP contribution in [0.2, 0.25) is 0 Å². The van der Waals surface area contributed by atoms with E-state index >= 15 is 0 Å². The quantitative estimate of drug-likeness (QED) is 0.323. The second-order valence-corrected chi connectivity index (χ2v) is 13.8. The number of amides is 3. The number of rotatable bonds is 8. The second-order valence-electron chi connectivity index (χ2n) is 12.2. The van der Waals surface area contributed by atoms with E-state index in [-0.39, 0.29) is 54.0 Å². The van der Waals surface area contributed by atoms with E-state index in [1.165, 1.54) is 23.2 Å². The second kappa shape index (κ2) is 16.1. The minimum atomic E-state index is -4.03. The summed E-state index contributed by atoms with van der Waals surface area (Å²) in [6.07, 6.45) is 4.38. The van der Waals surface area contributed by atoms with Crippen molar-refractivity contribution in [3.8, 4) is 5.75 Å². The Kier molecular flexibility index (Phi) is 12.2. The van der Waals surface area contributed by atoms with Crippen LogP contribution in [-0.2, 0) is 21.8 Å². The molecule has 14 heteroatoms. The summed E-state index contributed by atoms with van der Waals surface area (Å²) in [5, 5.41) is 12.9. The Balaban J connectivity index is 1.62. The van der Waals surface area contributed by atoms with Crippen LogP contribution in [0.4, 0.5) is 16.2 Å². The number of ether oxygens (including phenoxy) is 2. The van der Waals surface area contributed by atoms with Crippen molar-refractivity contribution < 1.29 is 32.6 Å². The number of fused-ring (bicyclic) bond motifs is 1. The maximum absolute atomic E-state index is 14.3. The van der Waals surface area contributed by atoms with Gasteiger partial charge in [0, 0.05) is 57.3 Å². The van der Waals surface area contributed by atoms with Crippen LogP contribution in [-0.4, -0.2) is 96.4 Å². The number of urea groups is 1. The maximum atomic E-state index is 14.3. The van der Waals surface area contributed by atoms with E-state index in [9.17, 15) is 23.1 Å². The van der Waals surface area contributed by atoms with Crippen molar-refractivity contribution in [1.29, 1.82) is 0 Å². The summed E-state index contributed by atoms with van der Waals surface area (Å²) >= 11 is 0. The van der Waals surface area contributed by atoms with Gasteiger partial charge < -0.3 is 34.3 Å². The number of imidazole rings is 1. The lowest BCUT2D eigenvalue weighted by atomic mass is 10.0. The zero-order chi connectivity index (χ0) is 34.1. The zero-order valence-corrected chi connectivity index (χ0v) is 28.4. The first-order chi connectivity index (χ1) is 22.4. The van der Waals surface area contributed by atoms with Gasteiger partial charge in [-0.1, -0.05) is 25.1 Å². The minimum Gasteiger partial charge on any atom is -0.490 e. The van der Waals surface area contributed by atoms with Crippen molar-refractivity contribution in [3.05, 3.63) is 66.6 Å². The van der Waals surface area contributed by atoms with Crippen LogP contribution in [0, 0.1) is 5.92 Å². The maximum Gasteiger partial charge on any atom is 0.321 e. The number of aryl methyl sites for hydroxylation is 1. The van der Waals surface area contributed by atoms with E-state index in [2.05, 4.69) is 15.0 Å². The Labute approximate surface area is 276 Å². The van der Waals surface area contributed by atoms with Gasteiger partial charge in [-0.2, -0.15) is 8.42 Å². The van der Waals surface area contributed by atoms with Crippen LogP contribution in [0.1, 0.15) is 50.4 Å². The Hall–Kier alpha value is -4.14. The smallest absolute Gasteiger partial charge is 0.321 e. The largest absolute Gasteiger partial charge is 0.490 e. The van der Waals surface area contributed by atoms with Gasteiger partial charge in [0.15, 0.2) is 5.03 Å². The number of carbonyl (C=O) groups excluding carboxylic acids is 2. The number of hydrogen-bond donors (Lipinski definition) is 3. The third kappa shape index (κ3) is 9.69. The van der Waals surface area contributed by atoms with E-state index in [4.69, 9.17) is 9.47 Å². The number of para-hydroxylation sites is 1. The summed E-state index contributed by atoms with van der Waals surface area (Å²) in [7, 11) is -0.664. The number of anilines is 2. The van der Waals surface area contributed by atoms with Crippen molar-refractivity contribution in [2.45, 2.75) is 63.3 Å². The molecule has 1 aromatic heterocycles. The van der Waals surface area contributed by atoms with E-state index in [1.807, 2.05) is 44.2 Å². The van der Waals surface area contributed by atoms with Crippen LogP contribution in [0.25, 0.3) is 0 Å².